The average Bonchev–Trinajstić information content (AvgIpc) is 2.26. The van der Waals surface area contributed by atoms with Gasteiger partial charge in [0.15, 0.2) is 0 Å². The Morgan fingerprint density at radius 3 is 2.39 bits per heavy atom. The van der Waals surface area contributed by atoms with Gasteiger partial charge in [0.2, 0.25) is 0 Å². The van der Waals surface area contributed by atoms with Crippen LogP contribution in [0.1, 0.15) is 18.5 Å². The summed E-state index contributed by atoms with van der Waals surface area (Å²) in [6.07, 6.45) is 0. The van der Waals surface area contributed by atoms with Gasteiger partial charge in [0.05, 0.1) is 25.2 Å². The molecular formula is C13H17Cl2NO2. The topological polar surface area (TPSA) is 41.5 Å². The molecule has 1 atom stereocenters. The molecule has 0 saturated carbocycles. The fourth-order valence-electron chi connectivity index (χ4n) is 1.95. The fourth-order valence-corrected chi connectivity index (χ4v) is 2.50. The van der Waals surface area contributed by atoms with Crippen LogP contribution in [-0.2, 0) is 4.74 Å². The molecule has 1 aliphatic rings. The van der Waals surface area contributed by atoms with Crippen LogP contribution in [-0.4, -0.2) is 31.5 Å². The molecule has 5 heteroatoms. The van der Waals surface area contributed by atoms with Gasteiger partial charge in [-0.25, -0.2) is 0 Å². The summed E-state index contributed by atoms with van der Waals surface area (Å²) in [4.78, 5) is 0. The first kappa shape index (κ1) is 14.1. The van der Waals surface area contributed by atoms with E-state index in [4.69, 9.17) is 27.9 Å². The van der Waals surface area contributed by atoms with Crippen LogP contribution in [0.15, 0.2) is 18.2 Å². The first-order valence-corrected chi connectivity index (χ1v) is 6.68. The number of benzene rings is 1. The van der Waals surface area contributed by atoms with Gasteiger partial charge in [0.1, 0.15) is 0 Å². The van der Waals surface area contributed by atoms with Crippen LogP contribution in [0.3, 0.4) is 0 Å². The summed E-state index contributed by atoms with van der Waals surface area (Å²) in [7, 11) is 0. The normalized spacial score (nSPS) is 19.3. The number of aliphatic hydroxyl groups is 1. The van der Waals surface area contributed by atoms with Crippen molar-refractivity contribution in [1.82, 2.24) is 5.32 Å². The van der Waals surface area contributed by atoms with Crippen molar-refractivity contribution in [2.75, 3.05) is 26.4 Å². The van der Waals surface area contributed by atoms with Gasteiger partial charge in [-0.15, -0.1) is 0 Å². The van der Waals surface area contributed by atoms with Crippen LogP contribution in [0.2, 0.25) is 10.0 Å². The zero-order valence-electron chi connectivity index (χ0n) is 10.2. The monoisotopic (exact) mass is 289 g/mol. The van der Waals surface area contributed by atoms with Crippen molar-refractivity contribution in [3.8, 4) is 0 Å². The summed E-state index contributed by atoms with van der Waals surface area (Å²) in [5, 5.41) is 14.0. The number of hydrogen-bond donors (Lipinski definition) is 2. The molecule has 0 radical (unpaired) electrons. The van der Waals surface area contributed by atoms with Crippen LogP contribution in [0.25, 0.3) is 0 Å². The maximum absolute atomic E-state index is 9.35. The number of nitrogens with one attached hydrogen (secondary N) is 1. The largest absolute Gasteiger partial charge is 0.396 e. The van der Waals surface area contributed by atoms with Crippen molar-refractivity contribution >= 4 is 23.2 Å². The Bertz CT molecular complexity index is 396. The third kappa shape index (κ3) is 3.16. The van der Waals surface area contributed by atoms with E-state index in [-0.39, 0.29) is 18.1 Å². The molecule has 1 unspecified atom stereocenters. The lowest BCUT2D eigenvalue weighted by atomic mass is 9.86. The molecule has 1 aromatic carbocycles. The van der Waals surface area contributed by atoms with Crippen molar-refractivity contribution in [3.63, 3.8) is 0 Å². The van der Waals surface area contributed by atoms with Crippen LogP contribution in [0.5, 0.6) is 0 Å². The predicted octanol–water partition coefficient (Wildman–Crippen LogP) is 2.65. The minimum atomic E-state index is -0.128. The molecule has 1 aromatic rings. The SMILES string of the molecule is CC(NCC1(CO)COC1)c1cc(Cl)cc(Cl)c1. The lowest BCUT2D eigenvalue weighted by molar-refractivity contribution is -0.135. The first-order valence-electron chi connectivity index (χ1n) is 5.93. The highest BCUT2D eigenvalue weighted by Crippen LogP contribution is 2.28. The molecule has 3 nitrogen and oxygen atoms in total. The molecule has 2 N–H and O–H groups in total. The van der Waals surface area contributed by atoms with Gasteiger partial charge >= 0.3 is 0 Å². The van der Waals surface area contributed by atoms with Gasteiger partial charge < -0.3 is 15.2 Å². The van der Waals surface area contributed by atoms with E-state index >= 15 is 0 Å². The molecule has 1 saturated heterocycles. The van der Waals surface area contributed by atoms with Crippen molar-refractivity contribution in [1.29, 1.82) is 0 Å². The lowest BCUT2D eigenvalue weighted by Crippen LogP contribution is -2.52. The van der Waals surface area contributed by atoms with Gasteiger partial charge in [-0.2, -0.15) is 0 Å². The third-order valence-electron chi connectivity index (χ3n) is 3.32. The van der Waals surface area contributed by atoms with Crippen molar-refractivity contribution in [3.05, 3.63) is 33.8 Å². The second-order valence-corrected chi connectivity index (χ2v) is 5.83. The van der Waals surface area contributed by atoms with E-state index in [1.807, 2.05) is 19.1 Å². The Labute approximate surface area is 117 Å². The van der Waals surface area contributed by atoms with Crippen molar-refractivity contribution < 1.29 is 9.84 Å². The predicted molar refractivity (Wildman–Crippen MR) is 73.2 cm³/mol. The summed E-state index contributed by atoms with van der Waals surface area (Å²) in [6.45, 7) is 4.13. The average molecular weight is 290 g/mol. The van der Waals surface area contributed by atoms with E-state index in [1.54, 1.807) is 6.07 Å². The molecular weight excluding hydrogens is 273 g/mol. The Balaban J connectivity index is 1.96. The summed E-state index contributed by atoms with van der Waals surface area (Å²) in [5.74, 6) is 0. The summed E-state index contributed by atoms with van der Waals surface area (Å²) < 4.78 is 5.16. The highest BCUT2D eigenvalue weighted by atomic mass is 35.5. The van der Waals surface area contributed by atoms with E-state index in [2.05, 4.69) is 5.32 Å². The summed E-state index contributed by atoms with van der Waals surface area (Å²) in [5.41, 5.74) is 0.914. The Morgan fingerprint density at radius 1 is 1.33 bits per heavy atom. The van der Waals surface area contributed by atoms with E-state index < -0.39 is 0 Å². The maximum atomic E-state index is 9.35. The highest BCUT2D eigenvalue weighted by Gasteiger charge is 2.37. The van der Waals surface area contributed by atoms with Crippen molar-refractivity contribution in [2.24, 2.45) is 5.41 Å². The van der Waals surface area contributed by atoms with E-state index in [0.717, 1.165) is 12.1 Å². The second-order valence-electron chi connectivity index (χ2n) is 4.96. The fraction of sp³-hybridized carbons (Fsp3) is 0.538. The van der Waals surface area contributed by atoms with Crippen LogP contribution in [0.4, 0.5) is 0 Å². The van der Waals surface area contributed by atoms with Gasteiger partial charge in [-0.1, -0.05) is 23.2 Å². The Morgan fingerprint density at radius 2 is 1.94 bits per heavy atom. The molecule has 1 fully saturated rings. The van der Waals surface area contributed by atoms with Crippen molar-refractivity contribution in [2.45, 2.75) is 13.0 Å². The van der Waals surface area contributed by atoms with Crippen LogP contribution >= 0.6 is 23.2 Å². The smallest absolute Gasteiger partial charge is 0.0579 e. The molecule has 0 amide bonds. The van der Waals surface area contributed by atoms with Gasteiger partial charge in [-0.3, -0.25) is 0 Å². The second kappa shape index (κ2) is 5.76. The number of ether oxygens (including phenoxy) is 1. The third-order valence-corrected chi connectivity index (χ3v) is 3.76. The molecule has 2 rings (SSSR count). The summed E-state index contributed by atoms with van der Waals surface area (Å²) in [6, 6.07) is 5.64. The zero-order valence-corrected chi connectivity index (χ0v) is 11.8. The number of aliphatic hydroxyl groups excluding tert-OH is 1. The number of hydrogen-bond acceptors (Lipinski definition) is 3. The Hall–Kier alpha value is -0.320. The van der Waals surface area contributed by atoms with E-state index in [0.29, 0.717) is 23.3 Å². The Kier molecular flexibility index (Phi) is 4.51. The minimum absolute atomic E-state index is 0.128. The zero-order chi connectivity index (χ0) is 13.2. The van der Waals surface area contributed by atoms with Gasteiger partial charge in [0.25, 0.3) is 0 Å². The summed E-state index contributed by atoms with van der Waals surface area (Å²) >= 11 is 12.0. The van der Waals surface area contributed by atoms with E-state index in [1.165, 1.54) is 0 Å². The molecule has 0 spiro atoms. The van der Waals surface area contributed by atoms with Crippen LogP contribution in [0, 0.1) is 5.41 Å². The van der Waals surface area contributed by atoms with E-state index in [9.17, 15) is 5.11 Å². The molecule has 0 aromatic heterocycles. The number of rotatable bonds is 5. The van der Waals surface area contributed by atoms with Gasteiger partial charge in [0, 0.05) is 22.6 Å². The minimum Gasteiger partial charge on any atom is -0.396 e. The first-order chi connectivity index (χ1) is 8.54. The standard InChI is InChI=1S/C13H17Cl2NO2/c1-9(10-2-11(14)4-12(15)3-10)16-5-13(6-17)7-18-8-13/h2-4,9,16-17H,5-8H2,1H3. The molecule has 1 heterocycles. The maximum Gasteiger partial charge on any atom is 0.0579 e. The quantitative estimate of drug-likeness (QED) is 0.876. The molecule has 0 bridgehead atoms. The van der Waals surface area contributed by atoms with Gasteiger partial charge in [-0.05, 0) is 30.7 Å². The number of halogens is 2. The molecule has 18 heavy (non-hydrogen) atoms. The lowest BCUT2D eigenvalue weighted by Gasteiger charge is -2.40. The molecule has 0 aliphatic carbocycles. The molecule has 1 aliphatic heterocycles. The molecule has 100 valence electrons. The van der Waals surface area contributed by atoms with Crippen LogP contribution < -0.4 is 5.32 Å². The highest BCUT2D eigenvalue weighted by molar-refractivity contribution is 6.34.